The summed E-state index contributed by atoms with van der Waals surface area (Å²) in [7, 11) is 0. The largest absolute Gasteiger partial charge is 0.353 e. The molecule has 0 bridgehead atoms. The van der Waals surface area contributed by atoms with Crippen molar-refractivity contribution >= 4 is 5.91 Å². The van der Waals surface area contributed by atoms with Crippen LogP contribution >= 0.6 is 0 Å². The number of rotatable bonds is 2. The molecule has 1 amide bonds. The number of piperazine rings is 1. The van der Waals surface area contributed by atoms with Crippen molar-refractivity contribution in [3.05, 3.63) is 0 Å². The molecule has 1 N–H and O–H groups in total. The third-order valence-electron chi connectivity index (χ3n) is 2.67. The molecule has 1 saturated heterocycles. The number of nitrogens with zero attached hydrogens (tertiary/aromatic N) is 2. The number of carbonyl (C=O) groups excluding carboxylic acids is 1. The highest BCUT2D eigenvalue weighted by Crippen LogP contribution is 2.29. The van der Waals surface area contributed by atoms with Crippen molar-refractivity contribution in [3.63, 3.8) is 0 Å². The molecule has 0 aromatic carbocycles. The Morgan fingerprint density at radius 1 is 1.62 bits per heavy atom. The molecule has 1 saturated carbocycles. The average Bonchev–Trinajstić information content (AvgIpc) is 2.92. The molecule has 1 aliphatic heterocycles. The van der Waals surface area contributed by atoms with Gasteiger partial charge in [-0.2, -0.15) is 5.26 Å². The van der Waals surface area contributed by atoms with Crippen molar-refractivity contribution in [1.29, 1.82) is 5.26 Å². The summed E-state index contributed by atoms with van der Waals surface area (Å²) in [6.07, 6.45) is 2.70. The van der Waals surface area contributed by atoms with Gasteiger partial charge in [0.15, 0.2) is 0 Å². The smallest absolute Gasteiger partial charge is 0.238 e. The third-order valence-corrected chi connectivity index (χ3v) is 2.67. The monoisotopic (exact) mass is 179 g/mol. The van der Waals surface area contributed by atoms with Crippen LogP contribution < -0.4 is 5.32 Å². The first-order valence-corrected chi connectivity index (χ1v) is 4.73. The summed E-state index contributed by atoms with van der Waals surface area (Å²) in [5.74, 6) is 0.0275. The SMILES string of the molecule is N#CCC1C(=O)NCCN1C1CC1. The summed E-state index contributed by atoms with van der Waals surface area (Å²) < 4.78 is 0. The summed E-state index contributed by atoms with van der Waals surface area (Å²) in [5, 5.41) is 11.4. The lowest BCUT2D eigenvalue weighted by molar-refractivity contribution is -0.129. The molecular formula is C9H13N3O. The van der Waals surface area contributed by atoms with E-state index >= 15 is 0 Å². The summed E-state index contributed by atoms with van der Waals surface area (Å²) in [5.41, 5.74) is 0. The van der Waals surface area contributed by atoms with Crippen molar-refractivity contribution in [2.24, 2.45) is 0 Å². The summed E-state index contributed by atoms with van der Waals surface area (Å²) >= 11 is 0. The van der Waals surface area contributed by atoms with E-state index in [4.69, 9.17) is 5.26 Å². The first-order chi connectivity index (χ1) is 6.33. The van der Waals surface area contributed by atoms with Crippen LogP contribution in [0.2, 0.25) is 0 Å². The first-order valence-electron chi connectivity index (χ1n) is 4.73. The van der Waals surface area contributed by atoms with Gasteiger partial charge in [-0.3, -0.25) is 9.69 Å². The molecule has 1 atom stereocenters. The fourth-order valence-electron chi connectivity index (χ4n) is 1.87. The van der Waals surface area contributed by atoms with Crippen LogP contribution in [0, 0.1) is 11.3 Å². The number of nitriles is 1. The van der Waals surface area contributed by atoms with Crippen LogP contribution in [0.15, 0.2) is 0 Å². The zero-order valence-corrected chi connectivity index (χ0v) is 7.49. The molecule has 0 aromatic rings. The molecule has 4 heteroatoms. The van der Waals surface area contributed by atoms with E-state index in [1.807, 2.05) is 0 Å². The first kappa shape index (κ1) is 8.52. The van der Waals surface area contributed by atoms with Crippen LogP contribution in [0.1, 0.15) is 19.3 Å². The van der Waals surface area contributed by atoms with Crippen LogP contribution in [0.3, 0.4) is 0 Å². The number of hydrogen-bond acceptors (Lipinski definition) is 3. The standard InChI is InChI=1S/C9H13N3O/c10-4-3-8-9(13)11-5-6-12(8)7-1-2-7/h7-8H,1-3,5-6H2,(H,11,13). The zero-order chi connectivity index (χ0) is 9.26. The molecular weight excluding hydrogens is 166 g/mol. The Morgan fingerprint density at radius 3 is 3.00 bits per heavy atom. The zero-order valence-electron chi connectivity index (χ0n) is 7.49. The maximum Gasteiger partial charge on any atom is 0.238 e. The lowest BCUT2D eigenvalue weighted by Crippen LogP contribution is -2.55. The van der Waals surface area contributed by atoms with E-state index in [9.17, 15) is 4.79 Å². The van der Waals surface area contributed by atoms with Gasteiger partial charge in [-0.15, -0.1) is 0 Å². The quantitative estimate of drug-likeness (QED) is 0.642. The second kappa shape index (κ2) is 3.35. The molecule has 0 spiro atoms. The second-order valence-corrected chi connectivity index (χ2v) is 3.64. The summed E-state index contributed by atoms with van der Waals surface area (Å²) in [6.45, 7) is 1.64. The predicted molar refractivity (Wildman–Crippen MR) is 46.8 cm³/mol. The topological polar surface area (TPSA) is 56.1 Å². The molecule has 2 rings (SSSR count). The minimum absolute atomic E-state index is 0.0275. The molecule has 13 heavy (non-hydrogen) atoms. The molecule has 1 aliphatic carbocycles. The van der Waals surface area contributed by atoms with Gasteiger partial charge in [0.05, 0.1) is 12.5 Å². The van der Waals surface area contributed by atoms with E-state index < -0.39 is 0 Å². The van der Waals surface area contributed by atoms with E-state index in [1.165, 1.54) is 12.8 Å². The van der Waals surface area contributed by atoms with E-state index in [0.29, 0.717) is 12.5 Å². The maximum atomic E-state index is 11.4. The molecule has 4 nitrogen and oxygen atoms in total. The number of nitrogens with one attached hydrogen (secondary N) is 1. The summed E-state index contributed by atoms with van der Waals surface area (Å²) in [4.78, 5) is 13.6. The molecule has 1 unspecified atom stereocenters. The Morgan fingerprint density at radius 2 is 2.38 bits per heavy atom. The molecule has 0 aromatic heterocycles. The van der Waals surface area contributed by atoms with Crippen LogP contribution in [-0.4, -0.2) is 36.0 Å². The Bertz CT molecular complexity index is 254. The van der Waals surface area contributed by atoms with E-state index in [0.717, 1.165) is 13.1 Å². The van der Waals surface area contributed by atoms with E-state index in [-0.39, 0.29) is 11.9 Å². The average molecular weight is 179 g/mol. The molecule has 2 fully saturated rings. The molecule has 2 aliphatic rings. The molecule has 0 radical (unpaired) electrons. The Balaban J connectivity index is 2.04. The minimum atomic E-state index is -0.189. The number of amides is 1. The van der Waals surface area contributed by atoms with Gasteiger partial charge in [-0.05, 0) is 12.8 Å². The lowest BCUT2D eigenvalue weighted by atomic mass is 10.1. The van der Waals surface area contributed by atoms with Crippen LogP contribution in [0.5, 0.6) is 0 Å². The molecule has 1 heterocycles. The van der Waals surface area contributed by atoms with Crippen molar-refractivity contribution in [3.8, 4) is 6.07 Å². The van der Waals surface area contributed by atoms with Crippen LogP contribution in [0.25, 0.3) is 0 Å². The van der Waals surface area contributed by atoms with Crippen molar-refractivity contribution in [1.82, 2.24) is 10.2 Å². The van der Waals surface area contributed by atoms with Gasteiger partial charge in [0, 0.05) is 19.1 Å². The van der Waals surface area contributed by atoms with Gasteiger partial charge in [-0.1, -0.05) is 0 Å². The van der Waals surface area contributed by atoms with Crippen molar-refractivity contribution in [2.45, 2.75) is 31.3 Å². The highest BCUT2D eigenvalue weighted by Gasteiger charge is 2.38. The van der Waals surface area contributed by atoms with Gasteiger partial charge in [0.2, 0.25) is 5.91 Å². The van der Waals surface area contributed by atoms with Gasteiger partial charge < -0.3 is 5.32 Å². The Kier molecular flexibility index (Phi) is 2.19. The fourth-order valence-corrected chi connectivity index (χ4v) is 1.87. The van der Waals surface area contributed by atoms with Gasteiger partial charge >= 0.3 is 0 Å². The minimum Gasteiger partial charge on any atom is -0.353 e. The third kappa shape index (κ3) is 1.65. The summed E-state index contributed by atoms with van der Waals surface area (Å²) in [6, 6.07) is 2.46. The van der Waals surface area contributed by atoms with Crippen molar-refractivity contribution in [2.75, 3.05) is 13.1 Å². The number of hydrogen-bond donors (Lipinski definition) is 1. The maximum absolute atomic E-state index is 11.4. The highest BCUT2D eigenvalue weighted by atomic mass is 16.2. The fraction of sp³-hybridized carbons (Fsp3) is 0.778. The Hall–Kier alpha value is -1.08. The highest BCUT2D eigenvalue weighted by molar-refractivity contribution is 5.82. The van der Waals surface area contributed by atoms with Gasteiger partial charge in [0.1, 0.15) is 6.04 Å². The van der Waals surface area contributed by atoms with E-state index in [1.54, 1.807) is 0 Å². The Labute approximate surface area is 77.5 Å². The van der Waals surface area contributed by atoms with Crippen molar-refractivity contribution < 1.29 is 4.79 Å². The van der Waals surface area contributed by atoms with Crippen LogP contribution in [-0.2, 0) is 4.79 Å². The van der Waals surface area contributed by atoms with E-state index in [2.05, 4.69) is 16.3 Å². The van der Waals surface area contributed by atoms with Crippen LogP contribution in [0.4, 0.5) is 0 Å². The number of carbonyl (C=O) groups is 1. The lowest BCUT2D eigenvalue weighted by Gasteiger charge is -2.33. The predicted octanol–water partition coefficient (Wildman–Crippen LogP) is -0.137. The second-order valence-electron chi connectivity index (χ2n) is 3.64. The van der Waals surface area contributed by atoms with Gasteiger partial charge in [0.25, 0.3) is 0 Å². The van der Waals surface area contributed by atoms with Gasteiger partial charge in [-0.25, -0.2) is 0 Å². The molecule has 70 valence electrons. The normalized spacial score (nSPS) is 29.5.